The Kier molecular flexibility index (Phi) is 3.19. The van der Waals surface area contributed by atoms with Crippen molar-refractivity contribution in [2.45, 2.75) is 37.1 Å². The average Bonchev–Trinajstić information content (AvgIpc) is 2.23. The quantitative estimate of drug-likeness (QED) is 0.764. The molecule has 0 aromatic carbocycles. The second kappa shape index (κ2) is 4.60. The molecule has 1 aliphatic rings. The molecule has 1 aromatic rings. The van der Waals surface area contributed by atoms with E-state index in [1.165, 1.54) is 12.8 Å². The molecule has 1 N–H and O–H groups in total. The van der Waals surface area contributed by atoms with Crippen molar-refractivity contribution in [3.63, 3.8) is 0 Å². The van der Waals surface area contributed by atoms with Gasteiger partial charge in [-0.25, -0.2) is 9.97 Å². The van der Waals surface area contributed by atoms with Crippen LogP contribution in [0.1, 0.15) is 25.7 Å². The predicted octanol–water partition coefficient (Wildman–Crippen LogP) is 2.44. The molecule has 2 rings (SSSR count). The monoisotopic (exact) mass is 211 g/mol. The highest BCUT2D eigenvalue weighted by Gasteiger charge is 2.23. The van der Waals surface area contributed by atoms with E-state index in [9.17, 15) is 0 Å². The average molecular weight is 212 g/mol. The van der Waals surface area contributed by atoms with Gasteiger partial charge in [0, 0.05) is 18.4 Å². The summed E-state index contributed by atoms with van der Waals surface area (Å²) in [6.07, 6.45) is 8.16. The zero-order chi connectivity index (χ0) is 9.80. The molecule has 0 aliphatic heterocycles. The number of hydrogen-bond donors (Lipinski definition) is 1. The van der Waals surface area contributed by atoms with E-state index in [1.807, 2.05) is 6.07 Å². The van der Waals surface area contributed by atoms with Gasteiger partial charge in [0.25, 0.3) is 0 Å². The van der Waals surface area contributed by atoms with Gasteiger partial charge in [0.05, 0.1) is 5.38 Å². The van der Waals surface area contributed by atoms with Crippen molar-refractivity contribution >= 4 is 17.5 Å². The minimum atomic E-state index is 0.215. The molecule has 1 fully saturated rings. The highest BCUT2D eigenvalue weighted by molar-refractivity contribution is 6.21. The van der Waals surface area contributed by atoms with Gasteiger partial charge in [-0.05, 0) is 18.9 Å². The van der Waals surface area contributed by atoms with E-state index in [-0.39, 0.29) is 5.38 Å². The van der Waals surface area contributed by atoms with E-state index in [4.69, 9.17) is 11.6 Å². The van der Waals surface area contributed by atoms with Crippen molar-refractivity contribution in [3.05, 3.63) is 18.5 Å². The molecule has 0 spiro atoms. The van der Waals surface area contributed by atoms with Crippen LogP contribution in [0.25, 0.3) is 0 Å². The molecular weight excluding hydrogens is 198 g/mol. The van der Waals surface area contributed by atoms with Crippen LogP contribution in [-0.2, 0) is 0 Å². The Balaban J connectivity index is 1.96. The van der Waals surface area contributed by atoms with Crippen molar-refractivity contribution in [1.82, 2.24) is 9.97 Å². The van der Waals surface area contributed by atoms with Crippen LogP contribution in [0.15, 0.2) is 18.5 Å². The molecule has 2 atom stereocenters. The fourth-order valence-electron chi connectivity index (χ4n) is 1.79. The molecule has 1 saturated carbocycles. The van der Waals surface area contributed by atoms with Crippen LogP contribution in [0.4, 0.5) is 5.95 Å². The Morgan fingerprint density at radius 2 is 1.93 bits per heavy atom. The third-order valence-corrected chi connectivity index (χ3v) is 3.08. The molecule has 2 unspecified atom stereocenters. The third kappa shape index (κ3) is 2.35. The van der Waals surface area contributed by atoms with Gasteiger partial charge in [0.15, 0.2) is 0 Å². The Hall–Kier alpha value is -0.830. The lowest BCUT2D eigenvalue weighted by Gasteiger charge is -2.27. The Labute approximate surface area is 88.9 Å². The molecular formula is C10H14ClN3. The number of rotatable bonds is 2. The summed E-state index contributed by atoms with van der Waals surface area (Å²) < 4.78 is 0. The fraction of sp³-hybridized carbons (Fsp3) is 0.600. The molecule has 1 heterocycles. The maximum Gasteiger partial charge on any atom is 0.222 e. The van der Waals surface area contributed by atoms with Crippen molar-refractivity contribution in [1.29, 1.82) is 0 Å². The lowest BCUT2D eigenvalue weighted by atomic mass is 9.95. The zero-order valence-electron chi connectivity index (χ0n) is 7.99. The Bertz CT molecular complexity index is 278. The summed E-state index contributed by atoms with van der Waals surface area (Å²) in [5.41, 5.74) is 0. The second-order valence-corrected chi connectivity index (χ2v) is 4.18. The molecule has 3 nitrogen and oxygen atoms in total. The van der Waals surface area contributed by atoms with Gasteiger partial charge in [0.2, 0.25) is 5.95 Å². The van der Waals surface area contributed by atoms with Crippen molar-refractivity contribution in [3.8, 4) is 0 Å². The minimum absolute atomic E-state index is 0.215. The number of anilines is 1. The molecule has 76 valence electrons. The zero-order valence-corrected chi connectivity index (χ0v) is 8.74. The largest absolute Gasteiger partial charge is 0.350 e. The Morgan fingerprint density at radius 1 is 1.21 bits per heavy atom. The van der Waals surface area contributed by atoms with E-state index in [0.29, 0.717) is 12.0 Å². The number of aromatic nitrogens is 2. The van der Waals surface area contributed by atoms with Gasteiger partial charge in [-0.15, -0.1) is 11.6 Å². The number of nitrogens with zero attached hydrogens (tertiary/aromatic N) is 2. The first-order chi connectivity index (χ1) is 6.86. The molecule has 0 saturated heterocycles. The molecule has 0 radical (unpaired) electrons. The molecule has 0 bridgehead atoms. The van der Waals surface area contributed by atoms with Gasteiger partial charge >= 0.3 is 0 Å². The molecule has 1 aliphatic carbocycles. The maximum absolute atomic E-state index is 6.21. The Morgan fingerprint density at radius 3 is 2.64 bits per heavy atom. The van der Waals surface area contributed by atoms with E-state index in [1.54, 1.807) is 12.4 Å². The lowest BCUT2D eigenvalue weighted by molar-refractivity contribution is 0.467. The van der Waals surface area contributed by atoms with Gasteiger partial charge < -0.3 is 5.32 Å². The van der Waals surface area contributed by atoms with Crippen molar-refractivity contribution in [2.75, 3.05) is 5.32 Å². The summed E-state index contributed by atoms with van der Waals surface area (Å²) in [5, 5.41) is 3.49. The highest BCUT2D eigenvalue weighted by atomic mass is 35.5. The standard InChI is InChI=1S/C10H14ClN3/c11-8-4-1-2-5-9(8)14-10-12-6-3-7-13-10/h3,6-9H,1-2,4-5H2,(H,12,13,14). The van der Waals surface area contributed by atoms with Crippen molar-refractivity contribution < 1.29 is 0 Å². The maximum atomic E-state index is 6.21. The number of nitrogens with one attached hydrogen (secondary N) is 1. The van der Waals surface area contributed by atoms with Crippen LogP contribution < -0.4 is 5.32 Å². The van der Waals surface area contributed by atoms with Crippen LogP contribution in [0.5, 0.6) is 0 Å². The van der Waals surface area contributed by atoms with Crippen LogP contribution in [0.2, 0.25) is 0 Å². The van der Waals surface area contributed by atoms with Gasteiger partial charge in [-0.1, -0.05) is 12.8 Å². The topological polar surface area (TPSA) is 37.8 Å². The lowest BCUT2D eigenvalue weighted by Crippen LogP contribution is -2.33. The van der Waals surface area contributed by atoms with E-state index < -0.39 is 0 Å². The highest BCUT2D eigenvalue weighted by Crippen LogP contribution is 2.24. The summed E-state index contributed by atoms with van der Waals surface area (Å²) in [5.74, 6) is 0.685. The summed E-state index contributed by atoms with van der Waals surface area (Å²) >= 11 is 6.21. The van der Waals surface area contributed by atoms with Crippen LogP contribution in [-0.4, -0.2) is 21.4 Å². The second-order valence-electron chi connectivity index (χ2n) is 3.62. The summed E-state index contributed by atoms with van der Waals surface area (Å²) in [7, 11) is 0. The smallest absolute Gasteiger partial charge is 0.222 e. The van der Waals surface area contributed by atoms with Crippen LogP contribution in [0, 0.1) is 0 Å². The summed E-state index contributed by atoms with van der Waals surface area (Å²) in [6.45, 7) is 0. The van der Waals surface area contributed by atoms with Gasteiger partial charge in [-0.3, -0.25) is 0 Å². The number of hydrogen-bond acceptors (Lipinski definition) is 3. The summed E-state index contributed by atoms with van der Waals surface area (Å²) in [6, 6.07) is 2.14. The van der Waals surface area contributed by atoms with Gasteiger partial charge in [0.1, 0.15) is 0 Å². The predicted molar refractivity (Wildman–Crippen MR) is 57.6 cm³/mol. The number of halogens is 1. The molecule has 14 heavy (non-hydrogen) atoms. The number of alkyl halides is 1. The summed E-state index contributed by atoms with van der Waals surface area (Å²) in [4.78, 5) is 8.25. The minimum Gasteiger partial charge on any atom is -0.350 e. The normalized spacial score (nSPS) is 27.2. The van der Waals surface area contributed by atoms with Crippen LogP contribution >= 0.6 is 11.6 Å². The first-order valence-electron chi connectivity index (χ1n) is 5.04. The van der Waals surface area contributed by atoms with E-state index in [2.05, 4.69) is 15.3 Å². The SMILES string of the molecule is ClC1CCCCC1Nc1ncccn1. The molecule has 1 aromatic heterocycles. The molecule has 0 amide bonds. The third-order valence-electron chi connectivity index (χ3n) is 2.56. The van der Waals surface area contributed by atoms with Crippen LogP contribution in [0.3, 0.4) is 0 Å². The van der Waals surface area contributed by atoms with E-state index in [0.717, 1.165) is 12.8 Å². The molecule has 4 heteroatoms. The van der Waals surface area contributed by atoms with Crippen molar-refractivity contribution in [2.24, 2.45) is 0 Å². The van der Waals surface area contributed by atoms with E-state index >= 15 is 0 Å². The van der Waals surface area contributed by atoms with Gasteiger partial charge in [-0.2, -0.15) is 0 Å². The first kappa shape index (κ1) is 9.71. The fourth-order valence-corrected chi connectivity index (χ4v) is 2.13. The first-order valence-corrected chi connectivity index (χ1v) is 5.47.